The van der Waals surface area contributed by atoms with E-state index in [2.05, 4.69) is 13.8 Å². The second kappa shape index (κ2) is 25.3. The second-order valence-corrected chi connectivity index (χ2v) is 0.854. The standard InChI is InChI=1S/C4H9.ClH.Mg.Zn/c1-3-4-2;;;/h1,3-4H2,2H3;1H;;/q-1;;+2;/p-1. The summed E-state index contributed by atoms with van der Waals surface area (Å²) in [7, 11) is 0. The third-order valence-corrected chi connectivity index (χ3v) is 0.354. The summed E-state index contributed by atoms with van der Waals surface area (Å²) in [6, 6.07) is 0. The Morgan fingerprint density at radius 1 is 1.43 bits per heavy atom. The van der Waals surface area contributed by atoms with E-state index in [9.17, 15) is 0 Å². The maximum Gasteiger partial charge on any atom is 2.00 e. The zero-order valence-corrected chi connectivity index (χ0v) is 10.1. The van der Waals surface area contributed by atoms with Crippen molar-refractivity contribution in [1.82, 2.24) is 0 Å². The summed E-state index contributed by atoms with van der Waals surface area (Å²) < 4.78 is 0. The number of unbranched alkanes of at least 4 members (excludes halogenated alkanes) is 1. The molecule has 0 heterocycles. The molecule has 0 aliphatic carbocycles. The predicted octanol–water partition coefficient (Wildman–Crippen LogP) is -1.76. The summed E-state index contributed by atoms with van der Waals surface area (Å²) in [6.07, 6.45) is 2.28. The van der Waals surface area contributed by atoms with Gasteiger partial charge in [-0.2, -0.15) is 6.42 Å². The van der Waals surface area contributed by atoms with Gasteiger partial charge in [0, 0.05) is 19.5 Å². The first-order valence-corrected chi connectivity index (χ1v) is 1.71. The molecule has 0 aliphatic rings. The van der Waals surface area contributed by atoms with Crippen molar-refractivity contribution in [2.75, 3.05) is 0 Å². The van der Waals surface area contributed by atoms with Crippen LogP contribution in [0.4, 0.5) is 0 Å². The van der Waals surface area contributed by atoms with Gasteiger partial charge in [-0.15, -0.1) is 0 Å². The summed E-state index contributed by atoms with van der Waals surface area (Å²) in [5.41, 5.74) is 0. The van der Waals surface area contributed by atoms with Gasteiger partial charge in [0.25, 0.3) is 0 Å². The number of halogens is 1. The van der Waals surface area contributed by atoms with Crippen LogP contribution < -0.4 is 12.4 Å². The summed E-state index contributed by atoms with van der Waals surface area (Å²) in [6.45, 7) is 5.72. The molecule has 0 aliphatic heterocycles. The number of rotatable bonds is 1. The molecule has 0 unspecified atom stereocenters. The molecule has 7 heavy (non-hydrogen) atoms. The maximum atomic E-state index is 3.60. The van der Waals surface area contributed by atoms with Crippen molar-refractivity contribution in [3.05, 3.63) is 6.92 Å². The molecule has 0 amide bonds. The van der Waals surface area contributed by atoms with E-state index in [0.717, 1.165) is 6.42 Å². The molecule has 0 fully saturated rings. The van der Waals surface area contributed by atoms with E-state index in [1.54, 1.807) is 0 Å². The van der Waals surface area contributed by atoms with Crippen molar-refractivity contribution in [1.29, 1.82) is 0 Å². The molecule has 0 bridgehead atoms. The minimum Gasteiger partial charge on any atom is -1.00 e. The largest absolute Gasteiger partial charge is 2.00 e. The molecular formula is C4H9ClMgZn. The maximum absolute atomic E-state index is 3.60. The molecular weight excluding hydrogens is 173 g/mol. The first-order valence-electron chi connectivity index (χ1n) is 1.71. The van der Waals surface area contributed by atoms with Gasteiger partial charge in [0.2, 0.25) is 0 Å². The smallest absolute Gasteiger partial charge is 1.00 e. The molecule has 0 N–H and O–H groups in total. The first-order chi connectivity index (χ1) is 1.91. The summed E-state index contributed by atoms with van der Waals surface area (Å²) in [4.78, 5) is 0. The van der Waals surface area contributed by atoms with Gasteiger partial charge in [0.05, 0.1) is 0 Å². The Morgan fingerprint density at radius 2 is 1.57 bits per heavy atom. The van der Waals surface area contributed by atoms with Crippen LogP contribution in [0.2, 0.25) is 0 Å². The van der Waals surface area contributed by atoms with Gasteiger partial charge >= 0.3 is 23.1 Å². The molecule has 0 aromatic carbocycles. The third kappa shape index (κ3) is 34.5. The number of hydrogen-bond acceptors (Lipinski definition) is 0. The van der Waals surface area contributed by atoms with Crippen LogP contribution in [0.5, 0.6) is 0 Å². The Bertz CT molecular complexity index is 13.7. The van der Waals surface area contributed by atoms with E-state index < -0.39 is 0 Å². The van der Waals surface area contributed by atoms with Crippen LogP contribution in [0.1, 0.15) is 19.8 Å². The van der Waals surface area contributed by atoms with Crippen molar-refractivity contribution in [2.45, 2.75) is 19.8 Å². The SMILES string of the molecule is [CH2-]CCC.[Cl-].[Mg+2].[Zn]. The van der Waals surface area contributed by atoms with Crippen LogP contribution in [0.15, 0.2) is 0 Å². The topological polar surface area (TPSA) is 0 Å². The average molecular weight is 182 g/mol. The Hall–Kier alpha value is 1.68. The van der Waals surface area contributed by atoms with Gasteiger partial charge in [-0.3, -0.25) is 0 Å². The fraction of sp³-hybridized carbons (Fsp3) is 0.750. The monoisotopic (exact) mass is 180 g/mol. The van der Waals surface area contributed by atoms with Crippen molar-refractivity contribution < 1.29 is 31.9 Å². The molecule has 0 saturated heterocycles. The minimum atomic E-state index is 0. The second-order valence-electron chi connectivity index (χ2n) is 0.854. The fourth-order valence-electron chi connectivity index (χ4n) is 0. The zero-order chi connectivity index (χ0) is 3.41. The Morgan fingerprint density at radius 3 is 1.57 bits per heavy atom. The Kier molecular flexibility index (Phi) is 84.5. The molecule has 0 atom stereocenters. The van der Waals surface area contributed by atoms with Crippen LogP contribution in [0.25, 0.3) is 0 Å². The van der Waals surface area contributed by atoms with Gasteiger partial charge in [-0.05, 0) is 0 Å². The molecule has 0 nitrogen and oxygen atoms in total. The van der Waals surface area contributed by atoms with E-state index in [0.29, 0.717) is 0 Å². The van der Waals surface area contributed by atoms with E-state index in [1.807, 2.05) is 0 Å². The van der Waals surface area contributed by atoms with Gasteiger partial charge < -0.3 is 19.3 Å². The third-order valence-electron chi connectivity index (χ3n) is 0.354. The summed E-state index contributed by atoms with van der Waals surface area (Å²) in [5.74, 6) is 0. The van der Waals surface area contributed by atoms with Crippen LogP contribution >= 0.6 is 0 Å². The first kappa shape index (κ1) is 23.4. The van der Waals surface area contributed by atoms with E-state index in [-0.39, 0.29) is 54.9 Å². The van der Waals surface area contributed by atoms with Crippen molar-refractivity contribution in [2.24, 2.45) is 0 Å². The normalized spacial score (nSPS) is 4.29. The van der Waals surface area contributed by atoms with Crippen LogP contribution in [-0.2, 0) is 19.5 Å². The van der Waals surface area contributed by atoms with Gasteiger partial charge in [0.15, 0.2) is 0 Å². The van der Waals surface area contributed by atoms with Crippen LogP contribution in [0.3, 0.4) is 0 Å². The van der Waals surface area contributed by atoms with Gasteiger partial charge in [-0.25, -0.2) is 0 Å². The molecule has 0 aromatic heterocycles. The summed E-state index contributed by atoms with van der Waals surface area (Å²) >= 11 is 0. The Labute approximate surface area is 81.1 Å². The average Bonchev–Trinajstić information content (AvgIpc) is 1.37. The van der Waals surface area contributed by atoms with E-state index in [4.69, 9.17) is 0 Å². The fourth-order valence-corrected chi connectivity index (χ4v) is 0. The molecule has 3 heteroatoms. The van der Waals surface area contributed by atoms with E-state index >= 15 is 0 Å². The molecule has 0 aromatic rings. The molecule has 36 valence electrons. The molecule has 0 spiro atoms. The van der Waals surface area contributed by atoms with Gasteiger partial charge in [-0.1, -0.05) is 13.3 Å². The molecule has 0 radical (unpaired) electrons. The zero-order valence-electron chi connectivity index (χ0n) is 4.91. The predicted molar refractivity (Wildman–Crippen MR) is 26.0 cm³/mol. The Balaban J connectivity index is -0.0000000150. The quantitative estimate of drug-likeness (QED) is 0.333. The van der Waals surface area contributed by atoms with Gasteiger partial charge in [0.1, 0.15) is 0 Å². The molecule has 0 saturated carbocycles. The van der Waals surface area contributed by atoms with Crippen molar-refractivity contribution in [3.63, 3.8) is 0 Å². The number of hydrogen-bond donors (Lipinski definition) is 0. The molecule has 0 rings (SSSR count). The van der Waals surface area contributed by atoms with Crippen LogP contribution in [0, 0.1) is 6.92 Å². The summed E-state index contributed by atoms with van der Waals surface area (Å²) in [5, 5.41) is 0. The van der Waals surface area contributed by atoms with Crippen molar-refractivity contribution in [3.8, 4) is 0 Å². The van der Waals surface area contributed by atoms with Crippen LogP contribution in [-0.4, -0.2) is 23.1 Å². The van der Waals surface area contributed by atoms with Crippen molar-refractivity contribution >= 4 is 23.1 Å². The van der Waals surface area contributed by atoms with E-state index in [1.165, 1.54) is 6.42 Å². The minimum absolute atomic E-state index is 0.